The number of aromatic nitrogens is 2. The van der Waals surface area contributed by atoms with E-state index in [1.54, 1.807) is 0 Å². The van der Waals surface area contributed by atoms with E-state index in [2.05, 4.69) is 42.4 Å². The lowest BCUT2D eigenvalue weighted by atomic mass is 9.80. The summed E-state index contributed by atoms with van der Waals surface area (Å²) in [5, 5.41) is 4.46. The van der Waals surface area contributed by atoms with Gasteiger partial charge in [0.05, 0.1) is 0 Å². The van der Waals surface area contributed by atoms with Gasteiger partial charge in [-0.3, -0.25) is 0 Å². The van der Waals surface area contributed by atoms with Crippen molar-refractivity contribution in [2.24, 2.45) is 5.92 Å². The van der Waals surface area contributed by atoms with Gasteiger partial charge in [0.15, 0.2) is 0 Å². The molecular formula is C12H21N3S. The highest BCUT2D eigenvalue weighted by Crippen LogP contribution is 2.31. The largest absolute Gasteiger partial charge is 0.358 e. The highest BCUT2D eigenvalue weighted by molar-refractivity contribution is 7.09. The standard InChI is InChI=1S/C12H21N3S/c1-8(9-6-5-7-9)13-11-14-10(15-16-11)12(2,3)4/h8-9H,5-7H2,1-4H3,(H,13,14,15). The molecule has 1 saturated carbocycles. The minimum Gasteiger partial charge on any atom is -0.358 e. The van der Waals surface area contributed by atoms with E-state index in [0.717, 1.165) is 16.9 Å². The number of anilines is 1. The minimum absolute atomic E-state index is 0.0517. The molecule has 1 aliphatic rings. The van der Waals surface area contributed by atoms with Crippen molar-refractivity contribution in [3.05, 3.63) is 5.82 Å². The maximum Gasteiger partial charge on any atom is 0.202 e. The highest BCUT2D eigenvalue weighted by atomic mass is 32.1. The normalized spacial score (nSPS) is 19.2. The number of hydrogen-bond donors (Lipinski definition) is 1. The molecule has 1 aromatic rings. The molecule has 1 fully saturated rings. The fraction of sp³-hybridized carbons (Fsp3) is 0.833. The van der Waals surface area contributed by atoms with Gasteiger partial charge >= 0.3 is 0 Å². The Morgan fingerprint density at radius 2 is 2.06 bits per heavy atom. The molecule has 1 heterocycles. The first kappa shape index (κ1) is 11.8. The van der Waals surface area contributed by atoms with Crippen LogP contribution in [0.5, 0.6) is 0 Å². The molecule has 1 aliphatic carbocycles. The van der Waals surface area contributed by atoms with Crippen LogP contribution in [0, 0.1) is 5.92 Å². The molecule has 1 unspecified atom stereocenters. The average Bonchev–Trinajstić information content (AvgIpc) is 2.47. The first-order valence-electron chi connectivity index (χ1n) is 6.07. The summed E-state index contributed by atoms with van der Waals surface area (Å²) in [6.07, 6.45) is 4.11. The van der Waals surface area contributed by atoms with Crippen LogP contribution >= 0.6 is 11.5 Å². The Kier molecular flexibility index (Phi) is 3.19. The molecule has 1 atom stereocenters. The van der Waals surface area contributed by atoms with Crippen LogP contribution in [0.25, 0.3) is 0 Å². The molecule has 4 heteroatoms. The van der Waals surface area contributed by atoms with E-state index < -0.39 is 0 Å². The van der Waals surface area contributed by atoms with Gasteiger partial charge in [0.2, 0.25) is 5.13 Å². The zero-order chi connectivity index (χ0) is 11.8. The van der Waals surface area contributed by atoms with E-state index >= 15 is 0 Å². The Balaban J connectivity index is 1.97. The second-order valence-electron chi connectivity index (χ2n) is 5.80. The molecule has 0 aliphatic heterocycles. The first-order chi connectivity index (χ1) is 7.47. The van der Waals surface area contributed by atoms with Crippen LogP contribution in [0.1, 0.15) is 52.8 Å². The van der Waals surface area contributed by atoms with Gasteiger partial charge in [0, 0.05) is 23.0 Å². The van der Waals surface area contributed by atoms with Gasteiger partial charge in [0.1, 0.15) is 5.82 Å². The topological polar surface area (TPSA) is 37.8 Å². The van der Waals surface area contributed by atoms with E-state index in [1.165, 1.54) is 30.8 Å². The zero-order valence-electron chi connectivity index (χ0n) is 10.6. The average molecular weight is 239 g/mol. The van der Waals surface area contributed by atoms with Gasteiger partial charge < -0.3 is 5.32 Å². The molecular weight excluding hydrogens is 218 g/mol. The Morgan fingerprint density at radius 1 is 1.38 bits per heavy atom. The summed E-state index contributed by atoms with van der Waals surface area (Å²) in [4.78, 5) is 4.56. The summed E-state index contributed by atoms with van der Waals surface area (Å²) in [7, 11) is 0. The van der Waals surface area contributed by atoms with Crippen molar-refractivity contribution >= 4 is 16.7 Å². The van der Waals surface area contributed by atoms with Gasteiger partial charge in [-0.1, -0.05) is 27.2 Å². The van der Waals surface area contributed by atoms with Crippen molar-refractivity contribution in [2.75, 3.05) is 5.32 Å². The molecule has 0 aromatic carbocycles. The van der Waals surface area contributed by atoms with E-state index in [0.29, 0.717) is 6.04 Å². The molecule has 0 saturated heterocycles. The molecule has 1 N–H and O–H groups in total. The van der Waals surface area contributed by atoms with Crippen molar-refractivity contribution in [2.45, 2.75) is 58.4 Å². The van der Waals surface area contributed by atoms with E-state index in [1.807, 2.05) is 0 Å². The Morgan fingerprint density at radius 3 is 2.50 bits per heavy atom. The number of hydrogen-bond acceptors (Lipinski definition) is 4. The van der Waals surface area contributed by atoms with Crippen LogP contribution in [-0.4, -0.2) is 15.4 Å². The Bertz CT molecular complexity index is 349. The minimum atomic E-state index is 0.0517. The molecule has 0 spiro atoms. The fourth-order valence-electron chi connectivity index (χ4n) is 1.84. The van der Waals surface area contributed by atoms with Gasteiger partial charge in [-0.15, -0.1) is 0 Å². The van der Waals surface area contributed by atoms with Crippen LogP contribution in [0.3, 0.4) is 0 Å². The van der Waals surface area contributed by atoms with E-state index in [4.69, 9.17) is 0 Å². The van der Waals surface area contributed by atoms with Crippen LogP contribution in [0.15, 0.2) is 0 Å². The summed E-state index contributed by atoms with van der Waals surface area (Å²) in [5.74, 6) is 1.78. The predicted octanol–water partition coefficient (Wildman–Crippen LogP) is 3.44. The van der Waals surface area contributed by atoms with Crippen molar-refractivity contribution in [3.63, 3.8) is 0 Å². The highest BCUT2D eigenvalue weighted by Gasteiger charge is 2.25. The molecule has 0 radical (unpaired) electrons. The Labute approximate surface area is 102 Å². The molecule has 90 valence electrons. The second kappa shape index (κ2) is 4.32. The van der Waals surface area contributed by atoms with Crippen molar-refractivity contribution in [3.8, 4) is 0 Å². The quantitative estimate of drug-likeness (QED) is 0.878. The molecule has 2 rings (SSSR count). The maximum absolute atomic E-state index is 4.56. The molecule has 0 bridgehead atoms. The number of nitrogens with one attached hydrogen (secondary N) is 1. The van der Waals surface area contributed by atoms with Crippen molar-refractivity contribution in [1.82, 2.24) is 9.36 Å². The van der Waals surface area contributed by atoms with Crippen LogP contribution in [-0.2, 0) is 5.41 Å². The van der Waals surface area contributed by atoms with Gasteiger partial charge in [0.25, 0.3) is 0 Å². The molecule has 16 heavy (non-hydrogen) atoms. The van der Waals surface area contributed by atoms with Crippen LogP contribution in [0.2, 0.25) is 0 Å². The number of rotatable bonds is 3. The molecule has 0 amide bonds. The smallest absolute Gasteiger partial charge is 0.202 e. The van der Waals surface area contributed by atoms with E-state index in [9.17, 15) is 0 Å². The van der Waals surface area contributed by atoms with Crippen molar-refractivity contribution < 1.29 is 0 Å². The van der Waals surface area contributed by atoms with Crippen LogP contribution in [0.4, 0.5) is 5.13 Å². The van der Waals surface area contributed by atoms with E-state index in [-0.39, 0.29) is 5.41 Å². The maximum atomic E-state index is 4.56. The zero-order valence-corrected chi connectivity index (χ0v) is 11.4. The third-order valence-corrected chi connectivity index (χ3v) is 3.95. The Hall–Kier alpha value is -0.640. The lowest BCUT2D eigenvalue weighted by Crippen LogP contribution is -2.30. The van der Waals surface area contributed by atoms with Gasteiger partial charge in [-0.25, -0.2) is 4.98 Å². The second-order valence-corrected chi connectivity index (χ2v) is 6.55. The van der Waals surface area contributed by atoms with Gasteiger partial charge in [-0.2, -0.15) is 4.37 Å². The predicted molar refractivity (Wildman–Crippen MR) is 69.0 cm³/mol. The molecule has 3 nitrogen and oxygen atoms in total. The summed E-state index contributed by atoms with van der Waals surface area (Å²) < 4.78 is 4.41. The fourth-order valence-corrected chi connectivity index (χ4v) is 2.69. The van der Waals surface area contributed by atoms with Crippen LogP contribution < -0.4 is 5.32 Å². The summed E-state index contributed by atoms with van der Waals surface area (Å²) in [6.45, 7) is 8.69. The number of nitrogens with zero attached hydrogens (tertiary/aromatic N) is 2. The van der Waals surface area contributed by atoms with Crippen molar-refractivity contribution in [1.29, 1.82) is 0 Å². The third-order valence-electron chi connectivity index (χ3n) is 3.30. The SMILES string of the molecule is CC(Nc1nc(C(C)(C)C)ns1)C1CCC1. The third kappa shape index (κ3) is 2.54. The lowest BCUT2D eigenvalue weighted by Gasteiger charge is -2.31. The lowest BCUT2D eigenvalue weighted by molar-refractivity contribution is 0.285. The summed E-state index contributed by atoms with van der Waals surface area (Å²) in [6, 6.07) is 0.537. The summed E-state index contributed by atoms with van der Waals surface area (Å²) in [5.41, 5.74) is 0.0517. The monoisotopic (exact) mass is 239 g/mol. The molecule has 1 aromatic heterocycles. The van der Waals surface area contributed by atoms with Gasteiger partial charge in [-0.05, 0) is 25.7 Å². The summed E-state index contributed by atoms with van der Waals surface area (Å²) >= 11 is 1.48. The first-order valence-corrected chi connectivity index (χ1v) is 6.85.